The van der Waals surface area contributed by atoms with E-state index in [9.17, 15) is 9.18 Å². The fourth-order valence-corrected chi connectivity index (χ4v) is 2.72. The number of rotatable bonds is 7. The first kappa shape index (κ1) is 16.4. The zero-order valence-electron chi connectivity index (χ0n) is 12.3. The summed E-state index contributed by atoms with van der Waals surface area (Å²) in [6, 6.07) is 13.9. The van der Waals surface area contributed by atoms with Crippen molar-refractivity contribution in [2.24, 2.45) is 0 Å². The molecule has 0 aliphatic heterocycles. The number of hydrogen-bond donors (Lipinski definition) is 1. The molecule has 0 saturated heterocycles. The number of hydrogen-bond acceptors (Lipinski definition) is 3. The monoisotopic (exact) mass is 319 g/mol. The van der Waals surface area contributed by atoms with E-state index in [4.69, 9.17) is 4.74 Å². The predicted octanol–water partition coefficient (Wildman–Crippen LogP) is 3.63. The van der Waals surface area contributed by atoms with Crippen LogP contribution in [0.1, 0.15) is 12.0 Å². The number of carbonyl (C=O) groups excluding carboxylic acids is 1. The number of carbonyl (C=O) groups is 1. The first-order valence-electron chi connectivity index (χ1n) is 6.95. The number of thioether (sulfide) groups is 1. The van der Waals surface area contributed by atoms with Crippen LogP contribution < -0.4 is 10.1 Å². The van der Waals surface area contributed by atoms with Crippen molar-refractivity contribution >= 4 is 17.7 Å². The summed E-state index contributed by atoms with van der Waals surface area (Å²) < 4.78 is 17.9. The van der Waals surface area contributed by atoms with Gasteiger partial charge in [0.05, 0.1) is 7.11 Å². The molecule has 0 aliphatic rings. The van der Waals surface area contributed by atoms with Crippen LogP contribution in [0.15, 0.2) is 53.4 Å². The maximum absolute atomic E-state index is 12.8. The molecule has 2 aromatic rings. The van der Waals surface area contributed by atoms with Gasteiger partial charge in [0, 0.05) is 23.6 Å². The molecule has 22 heavy (non-hydrogen) atoms. The van der Waals surface area contributed by atoms with Crippen LogP contribution in [0.4, 0.5) is 4.39 Å². The first-order chi connectivity index (χ1) is 10.7. The molecule has 0 radical (unpaired) electrons. The predicted molar refractivity (Wildman–Crippen MR) is 86.6 cm³/mol. The molecule has 3 nitrogen and oxygen atoms in total. The molecule has 0 atom stereocenters. The highest BCUT2D eigenvalue weighted by molar-refractivity contribution is 7.99. The van der Waals surface area contributed by atoms with Crippen LogP contribution >= 0.6 is 11.8 Å². The highest BCUT2D eigenvalue weighted by Gasteiger charge is 2.03. The zero-order chi connectivity index (χ0) is 15.8. The molecular formula is C17H18FNO2S. The van der Waals surface area contributed by atoms with Gasteiger partial charge in [0.1, 0.15) is 11.6 Å². The third-order valence-electron chi connectivity index (χ3n) is 3.04. The molecule has 116 valence electrons. The minimum atomic E-state index is -0.250. The van der Waals surface area contributed by atoms with Crippen molar-refractivity contribution in [3.63, 3.8) is 0 Å². The molecule has 2 rings (SSSR count). The second-order valence-electron chi connectivity index (χ2n) is 4.68. The number of methoxy groups -OCH3 is 1. The number of amides is 1. The molecule has 0 aromatic heterocycles. The summed E-state index contributed by atoms with van der Waals surface area (Å²) in [5, 5.41) is 2.88. The summed E-state index contributed by atoms with van der Waals surface area (Å²) in [4.78, 5) is 12.8. The van der Waals surface area contributed by atoms with Crippen LogP contribution in [0, 0.1) is 5.82 Å². The Morgan fingerprint density at radius 2 is 2.00 bits per heavy atom. The van der Waals surface area contributed by atoms with Gasteiger partial charge < -0.3 is 10.1 Å². The van der Waals surface area contributed by atoms with Crippen molar-refractivity contribution in [1.29, 1.82) is 0 Å². The highest BCUT2D eigenvalue weighted by Crippen LogP contribution is 2.18. The number of ether oxygens (including phenoxy) is 1. The number of nitrogens with one attached hydrogen (secondary N) is 1. The standard InChI is InChI=1S/C17H18FNO2S/c1-21-15-4-2-3-13(11-15)12-19-17(20)9-10-22-16-7-5-14(18)6-8-16/h2-8,11H,9-10,12H2,1H3,(H,19,20). The Kier molecular flexibility index (Phi) is 6.27. The van der Waals surface area contributed by atoms with Crippen LogP contribution in [0.5, 0.6) is 5.75 Å². The van der Waals surface area contributed by atoms with Crippen LogP contribution in [-0.2, 0) is 11.3 Å². The Labute approximate surface area is 133 Å². The number of benzene rings is 2. The molecule has 1 N–H and O–H groups in total. The maximum Gasteiger partial charge on any atom is 0.221 e. The van der Waals surface area contributed by atoms with Crippen molar-refractivity contribution < 1.29 is 13.9 Å². The second kappa shape index (κ2) is 8.44. The van der Waals surface area contributed by atoms with Gasteiger partial charge in [0.2, 0.25) is 5.91 Å². The average molecular weight is 319 g/mol. The van der Waals surface area contributed by atoms with Crippen molar-refractivity contribution in [1.82, 2.24) is 5.32 Å². The van der Waals surface area contributed by atoms with Gasteiger partial charge in [-0.1, -0.05) is 12.1 Å². The Bertz CT molecular complexity index is 616. The lowest BCUT2D eigenvalue weighted by molar-refractivity contribution is -0.120. The topological polar surface area (TPSA) is 38.3 Å². The van der Waals surface area contributed by atoms with E-state index in [1.54, 1.807) is 19.2 Å². The molecular weight excluding hydrogens is 301 g/mol. The van der Waals surface area contributed by atoms with E-state index in [0.29, 0.717) is 18.7 Å². The summed E-state index contributed by atoms with van der Waals surface area (Å²) in [6.45, 7) is 0.483. The largest absolute Gasteiger partial charge is 0.497 e. The minimum Gasteiger partial charge on any atom is -0.497 e. The molecule has 0 spiro atoms. The summed E-state index contributed by atoms with van der Waals surface area (Å²) in [7, 11) is 1.62. The average Bonchev–Trinajstić information content (AvgIpc) is 2.55. The quantitative estimate of drug-likeness (QED) is 0.792. The second-order valence-corrected chi connectivity index (χ2v) is 5.85. The third-order valence-corrected chi connectivity index (χ3v) is 4.05. The van der Waals surface area contributed by atoms with E-state index in [1.807, 2.05) is 24.3 Å². The van der Waals surface area contributed by atoms with E-state index < -0.39 is 0 Å². The molecule has 5 heteroatoms. The molecule has 2 aromatic carbocycles. The number of halogens is 1. The molecule has 0 saturated carbocycles. The summed E-state index contributed by atoms with van der Waals surface area (Å²) in [5.74, 6) is 1.19. The van der Waals surface area contributed by atoms with Gasteiger partial charge in [-0.05, 0) is 42.0 Å². The molecule has 0 aliphatic carbocycles. The van der Waals surface area contributed by atoms with Gasteiger partial charge in [-0.2, -0.15) is 0 Å². The smallest absolute Gasteiger partial charge is 0.221 e. The fourth-order valence-electron chi connectivity index (χ4n) is 1.86. The van der Waals surface area contributed by atoms with E-state index >= 15 is 0 Å². The van der Waals surface area contributed by atoms with E-state index in [0.717, 1.165) is 16.2 Å². The van der Waals surface area contributed by atoms with Crippen molar-refractivity contribution in [3.8, 4) is 5.75 Å². The van der Waals surface area contributed by atoms with Crippen LogP contribution in [0.3, 0.4) is 0 Å². The molecule has 0 unspecified atom stereocenters. The van der Waals surface area contributed by atoms with Gasteiger partial charge in [-0.15, -0.1) is 11.8 Å². The van der Waals surface area contributed by atoms with Crippen molar-refractivity contribution in [2.45, 2.75) is 17.9 Å². The molecule has 0 heterocycles. The lowest BCUT2D eigenvalue weighted by Gasteiger charge is -2.07. The highest BCUT2D eigenvalue weighted by atomic mass is 32.2. The van der Waals surface area contributed by atoms with Gasteiger partial charge in [-0.25, -0.2) is 4.39 Å². The zero-order valence-corrected chi connectivity index (χ0v) is 13.2. The van der Waals surface area contributed by atoms with E-state index in [2.05, 4.69) is 5.32 Å². The Morgan fingerprint density at radius 3 is 2.73 bits per heavy atom. The SMILES string of the molecule is COc1cccc(CNC(=O)CCSc2ccc(F)cc2)c1. The van der Waals surface area contributed by atoms with Crippen molar-refractivity contribution in [2.75, 3.05) is 12.9 Å². The molecule has 0 fully saturated rings. The molecule has 0 bridgehead atoms. The third kappa shape index (κ3) is 5.41. The lowest BCUT2D eigenvalue weighted by atomic mass is 10.2. The lowest BCUT2D eigenvalue weighted by Crippen LogP contribution is -2.22. The fraction of sp³-hybridized carbons (Fsp3) is 0.235. The maximum atomic E-state index is 12.8. The van der Waals surface area contributed by atoms with Gasteiger partial charge >= 0.3 is 0 Å². The van der Waals surface area contributed by atoms with Crippen LogP contribution in [0.25, 0.3) is 0 Å². The molecule has 1 amide bonds. The Morgan fingerprint density at radius 1 is 1.23 bits per heavy atom. The van der Waals surface area contributed by atoms with Crippen molar-refractivity contribution in [3.05, 3.63) is 59.9 Å². The summed E-state index contributed by atoms with van der Waals surface area (Å²) in [5.41, 5.74) is 0.999. The van der Waals surface area contributed by atoms with E-state index in [1.165, 1.54) is 23.9 Å². The Balaban J connectivity index is 1.70. The summed E-state index contributed by atoms with van der Waals surface area (Å²) in [6.07, 6.45) is 0.423. The Hall–Kier alpha value is -2.01. The first-order valence-corrected chi connectivity index (χ1v) is 7.94. The van der Waals surface area contributed by atoms with Crippen LogP contribution in [-0.4, -0.2) is 18.8 Å². The minimum absolute atomic E-state index is 0.00238. The summed E-state index contributed by atoms with van der Waals surface area (Å²) >= 11 is 1.54. The van der Waals surface area contributed by atoms with Gasteiger partial charge in [-0.3, -0.25) is 4.79 Å². The van der Waals surface area contributed by atoms with Crippen LogP contribution in [0.2, 0.25) is 0 Å². The van der Waals surface area contributed by atoms with E-state index in [-0.39, 0.29) is 11.7 Å². The van der Waals surface area contributed by atoms with Gasteiger partial charge in [0.25, 0.3) is 0 Å². The normalized spacial score (nSPS) is 10.3. The van der Waals surface area contributed by atoms with Gasteiger partial charge in [0.15, 0.2) is 0 Å².